The Morgan fingerprint density at radius 3 is 2.78 bits per heavy atom. The van der Waals surface area contributed by atoms with Gasteiger partial charge in [-0.25, -0.2) is 9.97 Å². The van der Waals surface area contributed by atoms with Gasteiger partial charge in [0.1, 0.15) is 12.0 Å². The van der Waals surface area contributed by atoms with Crippen LogP contribution < -0.4 is 10.2 Å². The molecule has 0 radical (unpaired) electrons. The highest BCUT2D eigenvalue weighted by molar-refractivity contribution is 5.98. The van der Waals surface area contributed by atoms with Crippen molar-refractivity contribution in [3.05, 3.63) is 12.5 Å². The Hall–Kier alpha value is -2.18. The minimum Gasteiger partial charge on any atom is -0.361 e. The predicted octanol–water partition coefficient (Wildman–Crippen LogP) is 1.27. The van der Waals surface area contributed by atoms with E-state index in [-0.39, 0.29) is 17.7 Å². The van der Waals surface area contributed by atoms with E-state index in [1.54, 1.807) is 6.20 Å². The molecular formula is C16H23N5O2. The zero-order valence-electron chi connectivity index (χ0n) is 13.7. The van der Waals surface area contributed by atoms with E-state index in [1.165, 1.54) is 19.2 Å². The molecule has 0 spiro atoms. The number of carbonyl (C=O) groups is 2. The summed E-state index contributed by atoms with van der Waals surface area (Å²) < 4.78 is 0. The van der Waals surface area contributed by atoms with Crippen molar-refractivity contribution >= 4 is 23.3 Å². The second-order valence-corrected chi connectivity index (χ2v) is 6.53. The lowest BCUT2D eigenvalue weighted by Gasteiger charge is -2.24. The van der Waals surface area contributed by atoms with E-state index < -0.39 is 0 Å². The van der Waals surface area contributed by atoms with Crippen LogP contribution in [0.3, 0.4) is 0 Å². The van der Waals surface area contributed by atoms with Crippen molar-refractivity contribution < 1.29 is 9.59 Å². The number of nitrogens with one attached hydrogen (secondary N) is 1. The number of anilines is 2. The molecule has 1 N–H and O–H groups in total. The van der Waals surface area contributed by atoms with Crippen LogP contribution in [0.25, 0.3) is 0 Å². The molecule has 1 unspecified atom stereocenters. The predicted molar refractivity (Wildman–Crippen MR) is 87.1 cm³/mol. The SMILES string of the molecule is CN(C)c1ncncc1NC(=O)C1CC(=O)N(C2CCCC2)C1. The zero-order valence-corrected chi connectivity index (χ0v) is 13.7. The Bertz CT molecular complexity index is 598. The third kappa shape index (κ3) is 3.28. The second kappa shape index (κ2) is 6.52. The van der Waals surface area contributed by atoms with E-state index in [0.717, 1.165) is 12.8 Å². The third-order valence-electron chi connectivity index (χ3n) is 4.67. The normalized spacial score (nSPS) is 21.7. The number of hydrogen-bond donors (Lipinski definition) is 1. The van der Waals surface area contributed by atoms with Crippen LogP contribution in [0.15, 0.2) is 12.5 Å². The molecule has 2 fully saturated rings. The van der Waals surface area contributed by atoms with Gasteiger partial charge in [-0.2, -0.15) is 0 Å². The molecule has 2 aliphatic rings. The summed E-state index contributed by atoms with van der Waals surface area (Å²) in [5.41, 5.74) is 0.578. The van der Waals surface area contributed by atoms with Gasteiger partial charge in [0, 0.05) is 33.1 Å². The fourth-order valence-electron chi connectivity index (χ4n) is 3.48. The minimum absolute atomic E-state index is 0.106. The molecule has 3 rings (SSSR count). The molecule has 0 aromatic carbocycles. The van der Waals surface area contributed by atoms with Gasteiger partial charge >= 0.3 is 0 Å². The molecule has 2 amide bonds. The lowest BCUT2D eigenvalue weighted by atomic mass is 10.1. The van der Waals surface area contributed by atoms with E-state index >= 15 is 0 Å². The van der Waals surface area contributed by atoms with Crippen LogP contribution >= 0.6 is 0 Å². The van der Waals surface area contributed by atoms with Crippen molar-refractivity contribution in [3.63, 3.8) is 0 Å². The fourth-order valence-corrected chi connectivity index (χ4v) is 3.48. The molecule has 124 valence electrons. The molecule has 1 aromatic rings. The molecule has 7 heteroatoms. The van der Waals surface area contributed by atoms with Gasteiger partial charge < -0.3 is 15.1 Å². The number of rotatable bonds is 4. The molecule has 1 atom stereocenters. The summed E-state index contributed by atoms with van der Waals surface area (Å²) >= 11 is 0. The number of carbonyl (C=O) groups excluding carboxylic acids is 2. The van der Waals surface area contributed by atoms with Gasteiger partial charge in [-0.15, -0.1) is 0 Å². The van der Waals surface area contributed by atoms with Gasteiger partial charge in [0.25, 0.3) is 0 Å². The molecule has 7 nitrogen and oxygen atoms in total. The highest BCUT2D eigenvalue weighted by Crippen LogP contribution is 2.30. The van der Waals surface area contributed by atoms with E-state index in [1.807, 2.05) is 23.9 Å². The Morgan fingerprint density at radius 2 is 2.09 bits per heavy atom. The van der Waals surface area contributed by atoms with Gasteiger partial charge in [-0.3, -0.25) is 9.59 Å². The maximum Gasteiger partial charge on any atom is 0.229 e. The fraction of sp³-hybridized carbons (Fsp3) is 0.625. The molecule has 1 aliphatic heterocycles. The van der Waals surface area contributed by atoms with Crippen LogP contribution in [0, 0.1) is 5.92 Å². The van der Waals surface area contributed by atoms with Crippen LogP contribution in [0.1, 0.15) is 32.1 Å². The molecule has 1 saturated heterocycles. The van der Waals surface area contributed by atoms with Crippen LogP contribution in [-0.4, -0.2) is 53.4 Å². The maximum absolute atomic E-state index is 12.5. The van der Waals surface area contributed by atoms with Gasteiger partial charge in [0.05, 0.1) is 12.1 Å². The first-order chi connectivity index (χ1) is 11.1. The summed E-state index contributed by atoms with van der Waals surface area (Å²) in [7, 11) is 3.72. The highest BCUT2D eigenvalue weighted by atomic mass is 16.2. The summed E-state index contributed by atoms with van der Waals surface area (Å²) in [6.45, 7) is 0.528. The van der Waals surface area contributed by atoms with Crippen molar-refractivity contribution in [1.29, 1.82) is 0 Å². The van der Waals surface area contributed by atoms with Crippen LogP contribution in [0.4, 0.5) is 11.5 Å². The average Bonchev–Trinajstić information content (AvgIpc) is 3.16. The van der Waals surface area contributed by atoms with E-state index in [9.17, 15) is 9.59 Å². The highest BCUT2D eigenvalue weighted by Gasteiger charge is 2.38. The molecule has 23 heavy (non-hydrogen) atoms. The summed E-state index contributed by atoms with van der Waals surface area (Å²) in [4.78, 5) is 36.6. The Balaban J connectivity index is 1.66. The summed E-state index contributed by atoms with van der Waals surface area (Å²) in [5.74, 6) is 0.342. The summed E-state index contributed by atoms with van der Waals surface area (Å²) in [6, 6.07) is 0.331. The maximum atomic E-state index is 12.5. The number of likely N-dealkylation sites (tertiary alicyclic amines) is 1. The smallest absolute Gasteiger partial charge is 0.229 e. The van der Waals surface area contributed by atoms with Crippen LogP contribution in [-0.2, 0) is 9.59 Å². The minimum atomic E-state index is -0.293. The largest absolute Gasteiger partial charge is 0.361 e. The third-order valence-corrected chi connectivity index (χ3v) is 4.67. The van der Waals surface area contributed by atoms with Crippen molar-refractivity contribution in [2.75, 3.05) is 30.9 Å². The number of nitrogens with zero attached hydrogens (tertiary/aromatic N) is 4. The Kier molecular flexibility index (Phi) is 4.45. The van der Waals surface area contributed by atoms with Crippen molar-refractivity contribution in [2.45, 2.75) is 38.1 Å². The monoisotopic (exact) mass is 317 g/mol. The molecule has 1 aromatic heterocycles. The van der Waals surface area contributed by atoms with Gasteiger partial charge in [0.2, 0.25) is 11.8 Å². The topological polar surface area (TPSA) is 78.4 Å². The number of hydrogen-bond acceptors (Lipinski definition) is 5. The van der Waals surface area contributed by atoms with Crippen molar-refractivity contribution in [2.24, 2.45) is 5.92 Å². The van der Waals surface area contributed by atoms with Gasteiger partial charge in [-0.05, 0) is 12.8 Å². The standard InChI is InChI=1S/C16H23N5O2/c1-20(2)15-13(8-17-10-18-15)19-16(23)11-7-14(22)21(9-11)12-5-3-4-6-12/h8,10-12H,3-7,9H2,1-2H3,(H,19,23). The number of aromatic nitrogens is 2. The molecule has 0 bridgehead atoms. The molecular weight excluding hydrogens is 294 g/mol. The average molecular weight is 317 g/mol. The second-order valence-electron chi connectivity index (χ2n) is 6.53. The lowest BCUT2D eigenvalue weighted by Crippen LogP contribution is -2.35. The van der Waals surface area contributed by atoms with Gasteiger partial charge in [-0.1, -0.05) is 12.8 Å². The van der Waals surface area contributed by atoms with Gasteiger partial charge in [0.15, 0.2) is 5.82 Å². The van der Waals surface area contributed by atoms with Crippen LogP contribution in [0.5, 0.6) is 0 Å². The summed E-state index contributed by atoms with van der Waals surface area (Å²) in [6.07, 6.45) is 7.83. The first-order valence-electron chi connectivity index (χ1n) is 8.14. The van der Waals surface area contributed by atoms with Crippen molar-refractivity contribution in [1.82, 2.24) is 14.9 Å². The van der Waals surface area contributed by atoms with E-state index in [4.69, 9.17) is 0 Å². The Labute approximate surface area is 136 Å². The van der Waals surface area contributed by atoms with E-state index in [0.29, 0.717) is 30.5 Å². The van der Waals surface area contributed by atoms with E-state index in [2.05, 4.69) is 15.3 Å². The number of amides is 2. The van der Waals surface area contributed by atoms with Crippen LogP contribution in [0.2, 0.25) is 0 Å². The summed E-state index contributed by atoms with van der Waals surface area (Å²) in [5, 5.41) is 2.88. The van der Waals surface area contributed by atoms with Crippen molar-refractivity contribution in [3.8, 4) is 0 Å². The first-order valence-corrected chi connectivity index (χ1v) is 8.14. The molecule has 2 heterocycles. The quantitative estimate of drug-likeness (QED) is 0.905. The Morgan fingerprint density at radius 1 is 1.35 bits per heavy atom. The molecule has 1 saturated carbocycles. The zero-order chi connectivity index (χ0) is 16.4. The first kappa shape index (κ1) is 15.7. The lowest BCUT2D eigenvalue weighted by molar-refractivity contribution is -0.129. The molecule has 1 aliphatic carbocycles.